The molecule has 13 aromatic rings. The summed E-state index contributed by atoms with van der Waals surface area (Å²) in [4.78, 5) is 41.0. The van der Waals surface area contributed by atoms with Gasteiger partial charge in [-0.2, -0.15) is 0 Å². The lowest BCUT2D eigenvalue weighted by molar-refractivity contribution is 1.07. The first-order valence-electron chi connectivity index (χ1n) is 24.5. The van der Waals surface area contributed by atoms with Crippen LogP contribution in [0.2, 0.25) is 0 Å². The van der Waals surface area contributed by atoms with Crippen LogP contribution in [-0.4, -0.2) is 39.9 Å². The first-order valence-corrected chi connectivity index (χ1v) is 24.5. The number of para-hydroxylation sites is 4. The quantitative estimate of drug-likeness (QED) is 0.134. The Morgan fingerprint density at radius 3 is 0.919 bits per heavy atom. The van der Waals surface area contributed by atoms with E-state index in [9.17, 15) is 0 Å². The molecule has 8 heteroatoms. The van der Waals surface area contributed by atoms with Gasteiger partial charge in [-0.25, -0.2) is 34.9 Å². The molecule has 0 radical (unpaired) electrons. The third kappa shape index (κ3) is 8.73. The van der Waals surface area contributed by atoms with E-state index in [1.165, 1.54) is 0 Å². The first kappa shape index (κ1) is 43.8. The molecule has 0 N–H and O–H groups in total. The molecule has 74 heavy (non-hydrogen) atoms. The first-order chi connectivity index (χ1) is 36.6. The summed E-state index contributed by atoms with van der Waals surface area (Å²) in [5.41, 5.74) is 19.2. The van der Waals surface area contributed by atoms with Crippen molar-refractivity contribution in [3.63, 3.8) is 0 Å². The van der Waals surface area contributed by atoms with Gasteiger partial charge < -0.3 is 0 Å². The molecule has 0 fully saturated rings. The van der Waals surface area contributed by atoms with Crippen LogP contribution >= 0.6 is 0 Å². The van der Waals surface area contributed by atoms with Gasteiger partial charge in [0.2, 0.25) is 0 Å². The van der Waals surface area contributed by atoms with Crippen LogP contribution in [0, 0.1) is 0 Å². The Hall–Kier alpha value is -10.2. The second-order valence-electron chi connectivity index (χ2n) is 18.0. The van der Waals surface area contributed by atoms with E-state index in [2.05, 4.69) is 133 Å². The highest BCUT2D eigenvalue weighted by atomic mass is 15.0. The zero-order valence-electron chi connectivity index (χ0n) is 39.8. The number of benzene rings is 9. The van der Waals surface area contributed by atoms with Gasteiger partial charge in [-0.15, -0.1) is 0 Å². The molecule has 0 aliphatic heterocycles. The average Bonchev–Trinajstić information content (AvgIpc) is 3.49. The van der Waals surface area contributed by atoms with Crippen LogP contribution < -0.4 is 0 Å². The Labute approximate surface area is 427 Å². The fraction of sp³-hybridized carbons (Fsp3) is 0. The SMILES string of the molecule is c1ccc(-c2ccc(-c3ccc(-c4nc(-c5ccc(-c6nc7ccccc7nc6-c6ccccc6)cc5)nc(-c5ccc(-c6nc7ccccc7nc6-c6cccc(-c7ccccc7)c6)cc5)n4)cc3)nc2)cc1. The number of pyridine rings is 1. The standard InChI is InChI=1S/C66H42N8/c1-4-15-43(16-5-1)52-21-14-22-53(41-52)63-62(70-58-25-12-13-26-59(58)71-63)48-31-37-51(38-32-48)66-73-64(49-33-27-45(28-34-49)55-40-39-54(42-67-55)44-17-6-2-7-18-44)72-65(74-66)50-35-29-47(30-36-50)61-60(46-19-8-3-9-20-46)68-56-23-10-11-24-57(56)69-61/h1-42H. The Kier molecular flexibility index (Phi) is 11.4. The largest absolute Gasteiger partial charge is 0.256 e. The number of hydrogen-bond donors (Lipinski definition) is 0. The maximum atomic E-state index is 5.23. The lowest BCUT2D eigenvalue weighted by Gasteiger charge is -2.13. The van der Waals surface area contributed by atoms with Crippen LogP contribution in [-0.2, 0) is 0 Å². The molecular formula is C66H42N8. The van der Waals surface area contributed by atoms with Crippen LogP contribution in [0.25, 0.3) is 135 Å². The van der Waals surface area contributed by atoms with Crippen LogP contribution in [0.3, 0.4) is 0 Å². The highest BCUT2D eigenvalue weighted by molar-refractivity contribution is 5.89. The molecule has 0 amide bonds. The van der Waals surface area contributed by atoms with Gasteiger partial charge >= 0.3 is 0 Å². The molecule has 0 atom stereocenters. The summed E-state index contributed by atoms with van der Waals surface area (Å²) in [6, 6.07) is 84.3. The van der Waals surface area contributed by atoms with Gasteiger partial charge in [0.05, 0.1) is 50.5 Å². The Morgan fingerprint density at radius 1 is 0.189 bits per heavy atom. The number of fused-ring (bicyclic) bond motifs is 2. The van der Waals surface area contributed by atoms with E-state index in [4.69, 9.17) is 39.9 Å². The molecule has 4 heterocycles. The van der Waals surface area contributed by atoms with Crippen molar-refractivity contribution in [3.05, 3.63) is 255 Å². The van der Waals surface area contributed by atoms with E-state index >= 15 is 0 Å². The Balaban J connectivity index is 0.888. The molecule has 8 nitrogen and oxygen atoms in total. The molecule has 4 aromatic heterocycles. The summed E-state index contributed by atoms with van der Waals surface area (Å²) >= 11 is 0. The molecule has 0 saturated carbocycles. The van der Waals surface area contributed by atoms with Gasteiger partial charge in [0.15, 0.2) is 17.5 Å². The lowest BCUT2D eigenvalue weighted by Crippen LogP contribution is -2.01. The van der Waals surface area contributed by atoms with Gasteiger partial charge in [0, 0.05) is 56.3 Å². The maximum Gasteiger partial charge on any atom is 0.164 e. The molecule has 0 saturated heterocycles. The molecule has 9 aromatic carbocycles. The van der Waals surface area contributed by atoms with Crippen LogP contribution in [0.1, 0.15) is 0 Å². The molecule has 0 aliphatic carbocycles. The van der Waals surface area contributed by atoms with E-state index < -0.39 is 0 Å². The average molecular weight is 947 g/mol. The molecule has 0 unspecified atom stereocenters. The lowest BCUT2D eigenvalue weighted by atomic mass is 9.98. The summed E-state index contributed by atoms with van der Waals surface area (Å²) in [5, 5.41) is 0. The van der Waals surface area contributed by atoms with Crippen LogP contribution in [0.4, 0.5) is 0 Å². The van der Waals surface area contributed by atoms with Gasteiger partial charge in [-0.3, -0.25) is 4.98 Å². The number of rotatable bonds is 10. The molecule has 13 rings (SSSR count). The Morgan fingerprint density at radius 2 is 0.500 bits per heavy atom. The second kappa shape index (κ2) is 19.2. The van der Waals surface area contributed by atoms with Crippen molar-refractivity contribution < 1.29 is 0 Å². The molecule has 0 bridgehead atoms. The minimum absolute atomic E-state index is 0.537. The zero-order chi connectivity index (χ0) is 49.2. The highest BCUT2D eigenvalue weighted by Crippen LogP contribution is 2.36. The number of hydrogen-bond acceptors (Lipinski definition) is 8. The monoisotopic (exact) mass is 946 g/mol. The van der Waals surface area contributed by atoms with Crippen molar-refractivity contribution in [3.8, 4) is 113 Å². The number of nitrogens with zero attached hydrogens (tertiary/aromatic N) is 8. The predicted molar refractivity (Wildman–Crippen MR) is 298 cm³/mol. The van der Waals surface area contributed by atoms with Gasteiger partial charge in [-0.1, -0.05) is 212 Å². The molecule has 0 spiro atoms. The fourth-order valence-corrected chi connectivity index (χ4v) is 9.35. The third-order valence-electron chi connectivity index (χ3n) is 13.2. The summed E-state index contributed by atoms with van der Waals surface area (Å²) in [7, 11) is 0. The summed E-state index contributed by atoms with van der Waals surface area (Å²) in [6.45, 7) is 0. The predicted octanol–water partition coefficient (Wildman–Crippen LogP) is 15.8. The van der Waals surface area contributed by atoms with Crippen LogP contribution in [0.15, 0.2) is 255 Å². The van der Waals surface area contributed by atoms with Crippen molar-refractivity contribution in [2.45, 2.75) is 0 Å². The van der Waals surface area contributed by atoms with Crippen molar-refractivity contribution in [2.24, 2.45) is 0 Å². The normalized spacial score (nSPS) is 11.2. The summed E-state index contributed by atoms with van der Waals surface area (Å²) in [6.07, 6.45) is 1.92. The number of aromatic nitrogens is 8. The maximum absolute atomic E-state index is 5.23. The van der Waals surface area contributed by atoms with E-state index in [1.54, 1.807) is 0 Å². The fourth-order valence-electron chi connectivity index (χ4n) is 9.35. The third-order valence-corrected chi connectivity index (χ3v) is 13.2. The molecular weight excluding hydrogens is 905 g/mol. The van der Waals surface area contributed by atoms with Gasteiger partial charge in [0.25, 0.3) is 0 Å². The second-order valence-corrected chi connectivity index (χ2v) is 18.0. The summed E-state index contributed by atoms with van der Waals surface area (Å²) in [5.74, 6) is 1.62. The van der Waals surface area contributed by atoms with E-state index in [0.717, 1.165) is 117 Å². The van der Waals surface area contributed by atoms with E-state index in [-0.39, 0.29) is 0 Å². The summed E-state index contributed by atoms with van der Waals surface area (Å²) < 4.78 is 0. The van der Waals surface area contributed by atoms with Crippen molar-refractivity contribution in [2.75, 3.05) is 0 Å². The topological polar surface area (TPSA) is 103 Å². The Bertz CT molecular complexity index is 4130. The van der Waals surface area contributed by atoms with E-state index in [0.29, 0.717) is 17.5 Å². The molecule has 346 valence electrons. The van der Waals surface area contributed by atoms with Crippen molar-refractivity contribution in [1.82, 2.24) is 39.9 Å². The highest BCUT2D eigenvalue weighted by Gasteiger charge is 2.19. The smallest absolute Gasteiger partial charge is 0.164 e. The van der Waals surface area contributed by atoms with Crippen molar-refractivity contribution >= 4 is 22.1 Å². The minimum Gasteiger partial charge on any atom is -0.256 e. The van der Waals surface area contributed by atoms with Gasteiger partial charge in [0.1, 0.15) is 0 Å². The molecule has 0 aliphatic rings. The minimum atomic E-state index is 0.537. The van der Waals surface area contributed by atoms with Crippen molar-refractivity contribution in [1.29, 1.82) is 0 Å². The van der Waals surface area contributed by atoms with E-state index in [1.807, 2.05) is 121 Å². The zero-order valence-corrected chi connectivity index (χ0v) is 39.8. The van der Waals surface area contributed by atoms with Gasteiger partial charge in [-0.05, 0) is 53.1 Å². The van der Waals surface area contributed by atoms with Crippen LogP contribution in [0.5, 0.6) is 0 Å².